The van der Waals surface area contributed by atoms with Crippen LogP contribution in [0.1, 0.15) is 30.2 Å². The Morgan fingerprint density at radius 1 is 1.53 bits per heavy atom. The van der Waals surface area contributed by atoms with Crippen molar-refractivity contribution in [2.45, 2.75) is 26.7 Å². The molecule has 0 amide bonds. The summed E-state index contributed by atoms with van der Waals surface area (Å²) in [5, 5.41) is 0. The Hall–Kier alpha value is -1.72. The van der Waals surface area contributed by atoms with E-state index in [1.54, 1.807) is 6.92 Å². The van der Waals surface area contributed by atoms with E-state index in [0.29, 0.717) is 5.56 Å². The van der Waals surface area contributed by atoms with Crippen molar-refractivity contribution in [1.29, 1.82) is 0 Å². The number of alkyl halides is 2. The number of esters is 1. The molecule has 17 heavy (non-hydrogen) atoms. The lowest BCUT2D eigenvalue weighted by atomic mass is 10.0. The normalized spacial score (nSPS) is 10.6. The quantitative estimate of drug-likeness (QED) is 0.822. The van der Waals surface area contributed by atoms with Gasteiger partial charge >= 0.3 is 5.97 Å². The summed E-state index contributed by atoms with van der Waals surface area (Å²) in [6.45, 7) is 3.33. The van der Waals surface area contributed by atoms with Crippen molar-refractivity contribution in [3.8, 4) is 0 Å². The van der Waals surface area contributed by atoms with Crippen molar-refractivity contribution in [3.05, 3.63) is 33.2 Å². The van der Waals surface area contributed by atoms with Gasteiger partial charge in [0.2, 0.25) is 5.56 Å². The number of nitrogens with one attached hydrogen (secondary N) is 1. The van der Waals surface area contributed by atoms with E-state index in [4.69, 9.17) is 0 Å². The lowest BCUT2D eigenvalue weighted by molar-refractivity contribution is -0.142. The van der Waals surface area contributed by atoms with Crippen LogP contribution in [-0.2, 0) is 16.0 Å². The van der Waals surface area contributed by atoms with E-state index in [0.717, 1.165) is 0 Å². The van der Waals surface area contributed by atoms with Crippen molar-refractivity contribution in [2.75, 3.05) is 6.61 Å². The first-order valence-electron chi connectivity index (χ1n) is 5.12. The summed E-state index contributed by atoms with van der Waals surface area (Å²) in [4.78, 5) is 24.4. The Kier molecular flexibility index (Phi) is 4.37. The zero-order valence-electron chi connectivity index (χ0n) is 9.55. The Morgan fingerprint density at radius 3 is 2.71 bits per heavy atom. The van der Waals surface area contributed by atoms with Crippen LogP contribution in [0.25, 0.3) is 0 Å². The number of pyridine rings is 1. The average Bonchev–Trinajstić information content (AvgIpc) is 2.21. The van der Waals surface area contributed by atoms with Crippen LogP contribution in [0.5, 0.6) is 0 Å². The molecule has 0 aromatic carbocycles. The van der Waals surface area contributed by atoms with E-state index in [1.165, 1.54) is 13.0 Å². The topological polar surface area (TPSA) is 59.2 Å². The van der Waals surface area contributed by atoms with Gasteiger partial charge in [-0.3, -0.25) is 9.59 Å². The van der Waals surface area contributed by atoms with Crippen molar-refractivity contribution in [2.24, 2.45) is 0 Å². The summed E-state index contributed by atoms with van der Waals surface area (Å²) in [6, 6.07) is 1.18. The van der Waals surface area contributed by atoms with Gasteiger partial charge in [0.05, 0.1) is 18.7 Å². The van der Waals surface area contributed by atoms with Crippen LogP contribution in [0.4, 0.5) is 8.78 Å². The minimum atomic E-state index is -2.83. The standard InChI is InChI=1S/C11H13F2NO3/c1-3-17-9(16)5-7-6(2)4-8(15)14-10(7)11(12)13/h4,11H,3,5H2,1-2H3,(H,14,15). The molecule has 1 aromatic heterocycles. The lowest BCUT2D eigenvalue weighted by Gasteiger charge is -2.10. The molecular formula is C11H13F2NO3. The number of rotatable bonds is 4. The molecule has 0 saturated heterocycles. The third-order valence-corrected chi connectivity index (χ3v) is 2.25. The van der Waals surface area contributed by atoms with Crippen LogP contribution < -0.4 is 5.56 Å². The Labute approximate surface area is 96.6 Å². The van der Waals surface area contributed by atoms with Crippen LogP contribution in [-0.4, -0.2) is 17.6 Å². The number of ether oxygens (including phenoxy) is 1. The Balaban J connectivity index is 3.12. The first kappa shape index (κ1) is 13.3. The van der Waals surface area contributed by atoms with Gasteiger partial charge in [0.25, 0.3) is 6.43 Å². The molecule has 4 nitrogen and oxygen atoms in total. The molecule has 1 rings (SSSR count). The molecular weight excluding hydrogens is 232 g/mol. The number of aromatic amines is 1. The van der Waals surface area contributed by atoms with Gasteiger partial charge < -0.3 is 9.72 Å². The van der Waals surface area contributed by atoms with Crippen LogP contribution in [0.3, 0.4) is 0 Å². The SMILES string of the molecule is CCOC(=O)Cc1c(C)cc(=O)[nH]c1C(F)F. The second-order valence-electron chi connectivity index (χ2n) is 3.49. The molecule has 1 N–H and O–H groups in total. The van der Waals surface area contributed by atoms with Crippen LogP contribution in [0.2, 0.25) is 0 Å². The Morgan fingerprint density at radius 2 is 2.18 bits per heavy atom. The lowest BCUT2D eigenvalue weighted by Crippen LogP contribution is -2.17. The number of carbonyl (C=O) groups is 1. The Bertz CT molecular complexity index is 468. The smallest absolute Gasteiger partial charge is 0.310 e. The molecule has 0 aliphatic rings. The molecule has 0 radical (unpaired) electrons. The zero-order valence-corrected chi connectivity index (χ0v) is 9.55. The third-order valence-electron chi connectivity index (χ3n) is 2.25. The second-order valence-corrected chi connectivity index (χ2v) is 3.49. The predicted molar refractivity (Wildman–Crippen MR) is 57.1 cm³/mol. The highest BCUT2D eigenvalue weighted by Crippen LogP contribution is 2.22. The molecule has 0 fully saturated rings. The van der Waals surface area contributed by atoms with Gasteiger partial charge in [0.1, 0.15) is 0 Å². The zero-order chi connectivity index (χ0) is 13.0. The molecule has 1 aromatic rings. The molecule has 0 spiro atoms. The van der Waals surface area contributed by atoms with E-state index in [1.807, 2.05) is 0 Å². The summed E-state index contributed by atoms with van der Waals surface area (Å²) in [5.74, 6) is -0.593. The highest BCUT2D eigenvalue weighted by atomic mass is 19.3. The largest absolute Gasteiger partial charge is 0.466 e. The van der Waals surface area contributed by atoms with Gasteiger partial charge in [-0.1, -0.05) is 0 Å². The molecule has 0 aliphatic carbocycles. The van der Waals surface area contributed by atoms with Gasteiger partial charge in [-0.2, -0.15) is 0 Å². The fourth-order valence-corrected chi connectivity index (χ4v) is 1.52. The number of aryl methyl sites for hydroxylation is 1. The number of halogens is 2. The number of aromatic nitrogens is 1. The van der Waals surface area contributed by atoms with E-state index >= 15 is 0 Å². The van der Waals surface area contributed by atoms with E-state index in [2.05, 4.69) is 9.72 Å². The summed E-state index contributed by atoms with van der Waals surface area (Å²) in [6.07, 6.45) is -3.09. The van der Waals surface area contributed by atoms with Gasteiger partial charge in [0, 0.05) is 6.07 Å². The number of H-pyrrole nitrogens is 1. The fourth-order valence-electron chi connectivity index (χ4n) is 1.52. The first-order valence-corrected chi connectivity index (χ1v) is 5.12. The van der Waals surface area contributed by atoms with Crippen molar-refractivity contribution in [1.82, 2.24) is 4.98 Å². The fraction of sp³-hybridized carbons (Fsp3) is 0.455. The summed E-state index contributed by atoms with van der Waals surface area (Å²) >= 11 is 0. The second kappa shape index (κ2) is 5.56. The van der Waals surface area contributed by atoms with E-state index in [-0.39, 0.29) is 18.6 Å². The molecule has 0 aliphatic heterocycles. The molecule has 0 bridgehead atoms. The van der Waals surface area contributed by atoms with Crippen molar-refractivity contribution < 1.29 is 18.3 Å². The van der Waals surface area contributed by atoms with Crippen LogP contribution >= 0.6 is 0 Å². The highest BCUT2D eigenvalue weighted by Gasteiger charge is 2.19. The van der Waals surface area contributed by atoms with Crippen molar-refractivity contribution in [3.63, 3.8) is 0 Å². The summed E-state index contributed by atoms with van der Waals surface area (Å²) in [5.41, 5.74) is -0.636. The minimum absolute atomic E-state index is 0.123. The molecule has 0 unspecified atom stereocenters. The molecule has 94 valence electrons. The summed E-state index contributed by atoms with van der Waals surface area (Å²) in [7, 11) is 0. The molecule has 0 atom stereocenters. The average molecular weight is 245 g/mol. The molecule has 0 saturated carbocycles. The van der Waals surface area contributed by atoms with Crippen LogP contribution in [0, 0.1) is 6.92 Å². The van der Waals surface area contributed by atoms with Gasteiger partial charge in [-0.05, 0) is 25.0 Å². The molecule has 1 heterocycles. The van der Waals surface area contributed by atoms with E-state index < -0.39 is 23.6 Å². The van der Waals surface area contributed by atoms with Gasteiger partial charge in [0.15, 0.2) is 0 Å². The maximum Gasteiger partial charge on any atom is 0.310 e. The summed E-state index contributed by atoms with van der Waals surface area (Å²) < 4.78 is 30.1. The number of hydrogen-bond donors (Lipinski definition) is 1. The maximum absolute atomic E-state index is 12.7. The van der Waals surface area contributed by atoms with E-state index in [9.17, 15) is 18.4 Å². The predicted octanol–water partition coefficient (Wildman–Crippen LogP) is 1.73. The molecule has 6 heteroatoms. The number of hydrogen-bond acceptors (Lipinski definition) is 3. The van der Waals surface area contributed by atoms with Gasteiger partial charge in [-0.25, -0.2) is 8.78 Å². The minimum Gasteiger partial charge on any atom is -0.466 e. The van der Waals surface area contributed by atoms with Crippen molar-refractivity contribution >= 4 is 5.97 Å². The third kappa shape index (κ3) is 3.37. The monoisotopic (exact) mass is 245 g/mol. The maximum atomic E-state index is 12.7. The highest BCUT2D eigenvalue weighted by molar-refractivity contribution is 5.73. The van der Waals surface area contributed by atoms with Crippen LogP contribution in [0.15, 0.2) is 10.9 Å². The number of carbonyl (C=O) groups excluding carboxylic acids is 1. The van der Waals surface area contributed by atoms with Gasteiger partial charge in [-0.15, -0.1) is 0 Å². The first-order chi connectivity index (χ1) is 7.95.